The van der Waals surface area contributed by atoms with E-state index in [0.717, 1.165) is 23.7 Å². The SMILES string of the molecule is CO[C@@H](CN1CCC(CN2Sc3cccc4cccc2c34)CC1)C12CC3CC(CC(C3)C1)C2. The van der Waals surface area contributed by atoms with E-state index < -0.39 is 0 Å². The zero-order chi connectivity index (χ0) is 22.0. The average molecular weight is 463 g/mol. The molecular weight excluding hydrogens is 424 g/mol. The highest BCUT2D eigenvalue weighted by Crippen LogP contribution is 2.61. The number of hydrogen-bond donors (Lipinski definition) is 0. The van der Waals surface area contributed by atoms with Crippen molar-refractivity contribution in [3.05, 3.63) is 36.4 Å². The lowest BCUT2D eigenvalue weighted by Gasteiger charge is -2.59. The van der Waals surface area contributed by atoms with E-state index in [4.69, 9.17) is 4.74 Å². The molecule has 0 unspecified atom stereocenters. The highest BCUT2D eigenvalue weighted by molar-refractivity contribution is 8.01. The van der Waals surface area contributed by atoms with Crippen LogP contribution in [0.15, 0.2) is 41.3 Å². The lowest BCUT2D eigenvalue weighted by Crippen LogP contribution is -2.55. The van der Waals surface area contributed by atoms with Gasteiger partial charge in [-0.05, 0) is 123 Å². The molecule has 2 aromatic carbocycles. The molecule has 2 heterocycles. The van der Waals surface area contributed by atoms with Gasteiger partial charge in [-0.15, -0.1) is 0 Å². The number of ether oxygens (including phenoxy) is 1. The van der Waals surface area contributed by atoms with E-state index in [1.165, 1.54) is 98.9 Å². The minimum absolute atomic E-state index is 0.448. The normalized spacial score (nSPS) is 34.5. The van der Waals surface area contributed by atoms with Crippen LogP contribution in [-0.2, 0) is 4.74 Å². The molecule has 4 aliphatic carbocycles. The monoisotopic (exact) mass is 462 g/mol. The van der Waals surface area contributed by atoms with Crippen molar-refractivity contribution >= 4 is 28.4 Å². The van der Waals surface area contributed by atoms with Gasteiger partial charge < -0.3 is 13.9 Å². The second-order valence-corrected chi connectivity index (χ2v) is 13.1. The molecule has 2 aliphatic heterocycles. The van der Waals surface area contributed by atoms with Crippen molar-refractivity contribution in [2.45, 2.75) is 62.4 Å². The van der Waals surface area contributed by atoms with Gasteiger partial charge in [0.25, 0.3) is 0 Å². The van der Waals surface area contributed by atoms with E-state index >= 15 is 0 Å². The van der Waals surface area contributed by atoms with Crippen molar-refractivity contribution in [2.24, 2.45) is 29.1 Å². The molecule has 6 aliphatic rings. The summed E-state index contributed by atoms with van der Waals surface area (Å²) in [6, 6.07) is 13.5. The summed E-state index contributed by atoms with van der Waals surface area (Å²) in [5, 5.41) is 2.84. The number of nitrogens with zero attached hydrogens (tertiary/aromatic N) is 2. The Bertz CT molecular complexity index is 989. The molecular formula is C29H38N2OS. The van der Waals surface area contributed by atoms with E-state index in [9.17, 15) is 0 Å². The first kappa shape index (κ1) is 21.1. The molecule has 0 amide bonds. The van der Waals surface area contributed by atoms with Gasteiger partial charge in [0.05, 0.1) is 11.8 Å². The standard InChI is InChI=1S/C29H38N2OS/c1-32-27(29-15-21-12-22(16-29)14-23(13-21)17-29)19-30-10-8-20(9-11-30)18-31-25-6-2-4-24-5-3-7-26(33-31)28(24)25/h2-7,20-23,27H,8-19H2,1H3/t21?,22?,23?,27-,29?/m0/s1. The van der Waals surface area contributed by atoms with Crippen molar-refractivity contribution in [3.63, 3.8) is 0 Å². The number of anilines is 1. The maximum atomic E-state index is 6.29. The Hall–Kier alpha value is -1.23. The molecule has 4 saturated carbocycles. The Morgan fingerprint density at radius 2 is 1.64 bits per heavy atom. The Balaban J connectivity index is 0.978. The van der Waals surface area contributed by atoms with Gasteiger partial charge in [-0.1, -0.05) is 24.3 Å². The summed E-state index contributed by atoms with van der Waals surface area (Å²) in [7, 11) is 2.00. The predicted molar refractivity (Wildman–Crippen MR) is 138 cm³/mol. The first-order chi connectivity index (χ1) is 16.2. The predicted octanol–water partition coefficient (Wildman–Crippen LogP) is 6.61. The van der Waals surface area contributed by atoms with E-state index in [2.05, 4.69) is 45.6 Å². The van der Waals surface area contributed by atoms with E-state index in [-0.39, 0.29) is 0 Å². The Morgan fingerprint density at radius 1 is 0.970 bits per heavy atom. The topological polar surface area (TPSA) is 15.7 Å². The molecule has 1 atom stereocenters. The molecule has 33 heavy (non-hydrogen) atoms. The highest BCUT2D eigenvalue weighted by Gasteiger charge is 2.54. The summed E-state index contributed by atoms with van der Waals surface area (Å²) in [6.07, 6.45) is 12.0. The molecule has 0 radical (unpaired) electrons. The Morgan fingerprint density at radius 3 is 2.30 bits per heavy atom. The van der Waals surface area contributed by atoms with E-state index in [0.29, 0.717) is 11.5 Å². The van der Waals surface area contributed by atoms with Crippen LogP contribution in [0.4, 0.5) is 5.69 Å². The summed E-state index contributed by atoms with van der Waals surface area (Å²) in [5.41, 5.74) is 1.92. The summed E-state index contributed by atoms with van der Waals surface area (Å²) in [6.45, 7) is 4.83. The molecule has 5 fully saturated rings. The van der Waals surface area contributed by atoms with Crippen LogP contribution in [0.3, 0.4) is 0 Å². The molecule has 2 aromatic rings. The minimum Gasteiger partial charge on any atom is -0.380 e. The van der Waals surface area contributed by atoms with Crippen LogP contribution in [0.5, 0.6) is 0 Å². The second-order valence-electron chi connectivity index (χ2n) is 12.0. The first-order valence-corrected chi connectivity index (χ1v) is 14.2. The molecule has 4 bridgehead atoms. The third-order valence-corrected chi connectivity index (χ3v) is 11.0. The average Bonchev–Trinajstić information content (AvgIpc) is 3.17. The van der Waals surface area contributed by atoms with Crippen LogP contribution in [0.1, 0.15) is 51.4 Å². The highest BCUT2D eigenvalue weighted by atomic mass is 32.2. The molecule has 1 saturated heterocycles. The molecule has 0 spiro atoms. The molecule has 4 heteroatoms. The maximum Gasteiger partial charge on any atom is 0.0754 e. The second kappa shape index (κ2) is 8.17. The quantitative estimate of drug-likeness (QED) is 0.449. The number of hydrogen-bond acceptors (Lipinski definition) is 4. The van der Waals surface area contributed by atoms with Gasteiger partial charge in [-0.2, -0.15) is 0 Å². The molecule has 0 aromatic heterocycles. The van der Waals surface area contributed by atoms with Crippen molar-refractivity contribution in [1.29, 1.82) is 0 Å². The van der Waals surface area contributed by atoms with Crippen LogP contribution in [0.25, 0.3) is 10.8 Å². The Labute approximate surface area is 203 Å². The molecule has 8 rings (SSSR count). The van der Waals surface area contributed by atoms with Gasteiger partial charge >= 0.3 is 0 Å². The number of likely N-dealkylation sites (tertiary alicyclic amines) is 1. The van der Waals surface area contributed by atoms with Crippen LogP contribution >= 0.6 is 11.9 Å². The first-order valence-electron chi connectivity index (χ1n) is 13.4. The molecule has 3 nitrogen and oxygen atoms in total. The van der Waals surface area contributed by atoms with Gasteiger partial charge in [0.1, 0.15) is 0 Å². The zero-order valence-corrected chi connectivity index (χ0v) is 20.9. The fourth-order valence-electron chi connectivity index (χ4n) is 8.79. The fraction of sp³-hybridized carbons (Fsp3) is 0.655. The minimum atomic E-state index is 0.448. The van der Waals surface area contributed by atoms with Gasteiger partial charge in [-0.3, -0.25) is 0 Å². The van der Waals surface area contributed by atoms with Crippen LogP contribution in [0.2, 0.25) is 0 Å². The lowest BCUT2D eigenvalue weighted by atomic mass is 9.48. The largest absolute Gasteiger partial charge is 0.380 e. The number of methoxy groups -OCH3 is 1. The van der Waals surface area contributed by atoms with E-state index in [1.54, 1.807) is 0 Å². The molecule has 176 valence electrons. The van der Waals surface area contributed by atoms with Gasteiger partial charge in [0.15, 0.2) is 0 Å². The smallest absolute Gasteiger partial charge is 0.0754 e. The van der Waals surface area contributed by atoms with Crippen LogP contribution in [-0.4, -0.2) is 44.3 Å². The lowest BCUT2D eigenvalue weighted by molar-refractivity contribution is -0.139. The number of benzene rings is 2. The van der Waals surface area contributed by atoms with E-state index in [1.807, 2.05) is 19.1 Å². The van der Waals surface area contributed by atoms with Crippen molar-refractivity contribution in [1.82, 2.24) is 4.90 Å². The summed E-state index contributed by atoms with van der Waals surface area (Å²) in [4.78, 5) is 4.18. The van der Waals surface area contributed by atoms with Crippen molar-refractivity contribution < 1.29 is 4.74 Å². The Kier molecular flexibility index (Phi) is 5.22. The van der Waals surface area contributed by atoms with Gasteiger partial charge in [0, 0.05) is 30.5 Å². The fourth-order valence-corrected chi connectivity index (χ4v) is 10.0. The van der Waals surface area contributed by atoms with Crippen molar-refractivity contribution in [3.8, 4) is 0 Å². The van der Waals surface area contributed by atoms with Gasteiger partial charge in [0.2, 0.25) is 0 Å². The van der Waals surface area contributed by atoms with Crippen molar-refractivity contribution in [2.75, 3.05) is 37.6 Å². The maximum absolute atomic E-state index is 6.29. The van der Waals surface area contributed by atoms with Gasteiger partial charge in [-0.25, -0.2) is 0 Å². The third kappa shape index (κ3) is 3.63. The number of rotatable bonds is 6. The summed E-state index contributed by atoms with van der Waals surface area (Å²) >= 11 is 1.96. The summed E-state index contributed by atoms with van der Waals surface area (Å²) in [5.74, 6) is 3.81. The van der Waals surface area contributed by atoms with Crippen LogP contribution in [0, 0.1) is 29.1 Å². The molecule has 0 N–H and O–H groups in total. The number of piperidine rings is 1. The summed E-state index contributed by atoms with van der Waals surface area (Å²) < 4.78 is 8.86. The third-order valence-electron chi connectivity index (χ3n) is 9.93. The van der Waals surface area contributed by atoms with Crippen LogP contribution < -0.4 is 4.31 Å². The zero-order valence-electron chi connectivity index (χ0n) is 20.0.